The SMILES string of the molecule is COc1ccc(CCSCC(=O)NC(C)c2ccccc2)cc1. The molecule has 0 aromatic heterocycles. The molecule has 0 heterocycles. The van der Waals surface area contributed by atoms with Gasteiger partial charge in [0.1, 0.15) is 5.75 Å². The van der Waals surface area contributed by atoms with E-state index in [1.54, 1.807) is 18.9 Å². The number of carbonyl (C=O) groups excluding carboxylic acids is 1. The van der Waals surface area contributed by atoms with Gasteiger partial charge < -0.3 is 10.1 Å². The van der Waals surface area contributed by atoms with Crippen molar-refractivity contribution in [2.75, 3.05) is 18.6 Å². The van der Waals surface area contributed by atoms with Gasteiger partial charge >= 0.3 is 0 Å². The Hall–Kier alpha value is -1.94. The Kier molecular flexibility index (Phi) is 7.01. The Labute approximate surface area is 142 Å². The summed E-state index contributed by atoms with van der Waals surface area (Å²) in [7, 11) is 1.67. The second-order valence-electron chi connectivity index (χ2n) is 5.35. The molecule has 1 amide bonds. The Morgan fingerprint density at radius 3 is 2.48 bits per heavy atom. The summed E-state index contributed by atoms with van der Waals surface area (Å²) in [5.41, 5.74) is 2.39. The van der Waals surface area contributed by atoms with Crippen LogP contribution in [0.5, 0.6) is 5.75 Å². The quantitative estimate of drug-likeness (QED) is 0.748. The summed E-state index contributed by atoms with van der Waals surface area (Å²) >= 11 is 1.66. The molecule has 3 nitrogen and oxygen atoms in total. The van der Waals surface area contributed by atoms with Gasteiger partial charge in [0.2, 0.25) is 5.91 Å². The van der Waals surface area contributed by atoms with Gasteiger partial charge in [-0.3, -0.25) is 4.79 Å². The molecule has 0 aliphatic carbocycles. The van der Waals surface area contributed by atoms with Gasteiger partial charge in [-0.2, -0.15) is 11.8 Å². The molecule has 1 unspecified atom stereocenters. The van der Waals surface area contributed by atoms with Crippen molar-refractivity contribution in [1.82, 2.24) is 5.32 Å². The third kappa shape index (κ3) is 5.99. The first-order valence-electron chi connectivity index (χ1n) is 7.74. The van der Waals surface area contributed by atoms with Crippen molar-refractivity contribution in [1.29, 1.82) is 0 Å². The minimum absolute atomic E-state index is 0.0471. The topological polar surface area (TPSA) is 38.3 Å². The van der Waals surface area contributed by atoms with E-state index in [1.807, 2.05) is 49.4 Å². The number of hydrogen-bond donors (Lipinski definition) is 1. The van der Waals surface area contributed by atoms with Crippen molar-refractivity contribution >= 4 is 17.7 Å². The standard InChI is InChI=1S/C19H23NO2S/c1-15(17-6-4-3-5-7-17)20-19(21)14-23-13-12-16-8-10-18(22-2)11-9-16/h3-11,15H,12-14H2,1-2H3,(H,20,21). The highest BCUT2D eigenvalue weighted by molar-refractivity contribution is 7.99. The van der Waals surface area contributed by atoms with Crippen LogP contribution < -0.4 is 10.1 Å². The molecule has 1 atom stereocenters. The van der Waals surface area contributed by atoms with Crippen LogP contribution >= 0.6 is 11.8 Å². The smallest absolute Gasteiger partial charge is 0.230 e. The third-order valence-corrected chi connectivity index (χ3v) is 4.56. The van der Waals surface area contributed by atoms with Gasteiger partial charge in [-0.1, -0.05) is 42.5 Å². The molecule has 23 heavy (non-hydrogen) atoms. The number of nitrogens with one attached hydrogen (secondary N) is 1. The molecule has 4 heteroatoms. The molecule has 0 saturated carbocycles. The number of amides is 1. The van der Waals surface area contributed by atoms with E-state index in [9.17, 15) is 4.79 Å². The van der Waals surface area contributed by atoms with Crippen molar-refractivity contribution in [2.45, 2.75) is 19.4 Å². The van der Waals surface area contributed by atoms with E-state index in [1.165, 1.54) is 5.56 Å². The van der Waals surface area contributed by atoms with Crippen LogP contribution in [0, 0.1) is 0 Å². The third-order valence-electron chi connectivity index (χ3n) is 3.60. The molecular weight excluding hydrogens is 306 g/mol. The molecule has 1 N–H and O–H groups in total. The van der Waals surface area contributed by atoms with Crippen molar-refractivity contribution in [3.8, 4) is 5.75 Å². The van der Waals surface area contributed by atoms with Gasteiger partial charge in [0, 0.05) is 0 Å². The molecule has 0 saturated heterocycles. The molecule has 0 aliphatic heterocycles. The Balaban J connectivity index is 1.66. The maximum Gasteiger partial charge on any atom is 0.230 e. The fraction of sp³-hybridized carbons (Fsp3) is 0.316. The summed E-state index contributed by atoms with van der Waals surface area (Å²) in [5.74, 6) is 2.38. The average molecular weight is 329 g/mol. The Bertz CT molecular complexity index is 599. The van der Waals surface area contributed by atoms with Crippen molar-refractivity contribution < 1.29 is 9.53 Å². The molecule has 0 radical (unpaired) electrons. The van der Waals surface area contributed by atoms with Crippen molar-refractivity contribution in [3.63, 3.8) is 0 Å². The molecule has 0 bridgehead atoms. The van der Waals surface area contributed by atoms with Gasteiger partial charge in [-0.25, -0.2) is 0 Å². The zero-order valence-corrected chi connectivity index (χ0v) is 14.4. The zero-order valence-electron chi connectivity index (χ0n) is 13.6. The predicted molar refractivity (Wildman–Crippen MR) is 97.0 cm³/mol. The highest BCUT2D eigenvalue weighted by Crippen LogP contribution is 2.14. The summed E-state index contributed by atoms with van der Waals surface area (Å²) in [6, 6.07) is 18.1. The summed E-state index contributed by atoms with van der Waals surface area (Å²) in [6.07, 6.45) is 0.955. The fourth-order valence-corrected chi connectivity index (χ4v) is 3.05. The predicted octanol–water partition coefficient (Wildman–Crippen LogP) is 3.85. The lowest BCUT2D eigenvalue weighted by molar-refractivity contribution is -0.119. The van der Waals surface area contributed by atoms with E-state index in [-0.39, 0.29) is 11.9 Å². The van der Waals surface area contributed by atoms with Crippen molar-refractivity contribution in [3.05, 3.63) is 65.7 Å². The van der Waals surface area contributed by atoms with Crippen molar-refractivity contribution in [2.24, 2.45) is 0 Å². The van der Waals surface area contributed by atoms with Crippen LogP contribution in [-0.4, -0.2) is 24.5 Å². The van der Waals surface area contributed by atoms with Gasteiger partial charge in [0.05, 0.1) is 18.9 Å². The summed E-state index contributed by atoms with van der Waals surface area (Å²) < 4.78 is 5.14. The fourth-order valence-electron chi connectivity index (χ4n) is 2.26. The lowest BCUT2D eigenvalue weighted by atomic mass is 10.1. The van der Waals surface area contributed by atoms with Crippen LogP contribution in [0.2, 0.25) is 0 Å². The first-order valence-corrected chi connectivity index (χ1v) is 8.89. The van der Waals surface area contributed by atoms with Crippen LogP contribution in [0.15, 0.2) is 54.6 Å². The van der Waals surface area contributed by atoms with Crippen LogP contribution in [0.25, 0.3) is 0 Å². The number of thioether (sulfide) groups is 1. The minimum Gasteiger partial charge on any atom is -0.497 e. The molecule has 2 aromatic rings. The molecule has 2 aromatic carbocycles. The largest absolute Gasteiger partial charge is 0.497 e. The summed E-state index contributed by atoms with van der Waals surface area (Å²) in [4.78, 5) is 12.0. The second-order valence-corrected chi connectivity index (χ2v) is 6.46. The first kappa shape index (κ1) is 17.4. The Morgan fingerprint density at radius 1 is 1.13 bits per heavy atom. The summed E-state index contributed by atoms with van der Waals surface area (Å²) in [6.45, 7) is 2.01. The number of hydrogen-bond acceptors (Lipinski definition) is 3. The number of rotatable bonds is 8. The number of methoxy groups -OCH3 is 1. The van der Waals surface area contributed by atoms with E-state index >= 15 is 0 Å². The molecule has 0 aliphatic rings. The second kappa shape index (κ2) is 9.26. The normalized spacial score (nSPS) is 11.7. The molecule has 0 fully saturated rings. The summed E-state index contributed by atoms with van der Waals surface area (Å²) in [5, 5.41) is 3.03. The van der Waals surface area contributed by atoms with E-state index < -0.39 is 0 Å². The molecule has 2 rings (SSSR count). The van der Waals surface area contributed by atoms with E-state index in [0.717, 1.165) is 23.5 Å². The lowest BCUT2D eigenvalue weighted by Gasteiger charge is -2.14. The highest BCUT2D eigenvalue weighted by Gasteiger charge is 2.08. The molecule has 122 valence electrons. The first-order chi connectivity index (χ1) is 11.2. The van der Waals surface area contributed by atoms with Gasteiger partial charge in [0.25, 0.3) is 0 Å². The Morgan fingerprint density at radius 2 is 1.83 bits per heavy atom. The molecule has 0 spiro atoms. The molecular formula is C19H23NO2S. The maximum atomic E-state index is 12.0. The number of aryl methyl sites for hydroxylation is 1. The van der Waals surface area contributed by atoms with Crippen LogP contribution in [0.3, 0.4) is 0 Å². The van der Waals surface area contributed by atoms with Crippen LogP contribution in [-0.2, 0) is 11.2 Å². The van der Waals surface area contributed by atoms with Crippen LogP contribution in [0.1, 0.15) is 24.1 Å². The number of carbonyl (C=O) groups is 1. The minimum atomic E-state index is 0.0471. The number of benzene rings is 2. The highest BCUT2D eigenvalue weighted by atomic mass is 32.2. The van der Waals surface area contributed by atoms with E-state index in [0.29, 0.717) is 5.75 Å². The van der Waals surface area contributed by atoms with E-state index in [2.05, 4.69) is 17.4 Å². The monoisotopic (exact) mass is 329 g/mol. The zero-order chi connectivity index (χ0) is 16.5. The average Bonchev–Trinajstić information content (AvgIpc) is 2.60. The van der Waals surface area contributed by atoms with Gasteiger partial charge in [-0.05, 0) is 42.4 Å². The van der Waals surface area contributed by atoms with Gasteiger partial charge in [-0.15, -0.1) is 0 Å². The van der Waals surface area contributed by atoms with E-state index in [4.69, 9.17) is 4.74 Å². The van der Waals surface area contributed by atoms with Gasteiger partial charge in [0.15, 0.2) is 0 Å². The van der Waals surface area contributed by atoms with Crippen LogP contribution in [0.4, 0.5) is 0 Å². The number of ether oxygens (including phenoxy) is 1. The lowest BCUT2D eigenvalue weighted by Crippen LogP contribution is -2.28. The maximum absolute atomic E-state index is 12.0.